The van der Waals surface area contributed by atoms with Crippen molar-refractivity contribution in [1.29, 1.82) is 0 Å². The lowest BCUT2D eigenvalue weighted by molar-refractivity contribution is -0.117. The predicted molar refractivity (Wildman–Crippen MR) is 63.1 cm³/mol. The molecule has 0 N–H and O–H groups in total. The highest BCUT2D eigenvalue weighted by atomic mass is 16.5. The fourth-order valence-corrected chi connectivity index (χ4v) is 1.48. The number of ether oxygens (including phenoxy) is 1. The molecule has 0 amide bonds. The fraction of sp³-hybridized carbons (Fsp3) is 0.917. The maximum Gasteiger partial charge on any atom is 0.129 e. The summed E-state index contributed by atoms with van der Waals surface area (Å²) in [5, 5.41) is 0. The minimum atomic E-state index is 0.298. The second kappa shape index (κ2) is 10.1. The Morgan fingerprint density at radius 2 is 1.93 bits per heavy atom. The molecule has 0 aliphatic carbocycles. The van der Waals surface area contributed by atoms with Crippen molar-refractivity contribution in [1.82, 2.24) is 4.90 Å². The lowest BCUT2D eigenvalue weighted by atomic mass is 10.2. The highest BCUT2D eigenvalue weighted by molar-refractivity contribution is 5.75. The van der Waals surface area contributed by atoms with Crippen LogP contribution in [0.5, 0.6) is 0 Å². The van der Waals surface area contributed by atoms with E-state index in [9.17, 15) is 4.79 Å². The standard InChI is InChI=1S/C12H25NO2/c1-4-13(10-11-15-5-2)9-7-6-8-12(3)14/h4-11H2,1-3H3. The summed E-state index contributed by atoms with van der Waals surface area (Å²) in [5.41, 5.74) is 0. The number of likely N-dealkylation sites (N-methyl/N-ethyl adjacent to an activating group) is 1. The molecule has 0 fully saturated rings. The van der Waals surface area contributed by atoms with E-state index in [1.807, 2.05) is 6.92 Å². The SMILES string of the molecule is CCOCCN(CC)CCCCC(C)=O. The van der Waals surface area contributed by atoms with Crippen molar-refractivity contribution in [2.45, 2.75) is 40.0 Å². The first-order chi connectivity index (χ1) is 7.20. The van der Waals surface area contributed by atoms with E-state index in [1.165, 1.54) is 0 Å². The number of Topliss-reactive ketones (excluding diaryl/α,β-unsaturated/α-hetero) is 1. The van der Waals surface area contributed by atoms with Crippen molar-refractivity contribution in [3.8, 4) is 0 Å². The van der Waals surface area contributed by atoms with Gasteiger partial charge in [-0.1, -0.05) is 6.92 Å². The third-order valence-electron chi connectivity index (χ3n) is 2.46. The normalized spacial score (nSPS) is 10.9. The van der Waals surface area contributed by atoms with E-state index in [0.717, 1.165) is 52.1 Å². The lowest BCUT2D eigenvalue weighted by Crippen LogP contribution is -2.28. The largest absolute Gasteiger partial charge is 0.380 e. The van der Waals surface area contributed by atoms with Crippen LogP contribution in [0.2, 0.25) is 0 Å². The number of hydrogen-bond donors (Lipinski definition) is 0. The first-order valence-electron chi connectivity index (χ1n) is 6.00. The van der Waals surface area contributed by atoms with Crippen LogP contribution in [0.25, 0.3) is 0 Å². The Balaban J connectivity index is 3.39. The number of rotatable bonds is 10. The molecule has 3 nitrogen and oxygen atoms in total. The zero-order chi connectivity index (χ0) is 11.5. The number of ketones is 1. The molecule has 0 saturated heterocycles. The van der Waals surface area contributed by atoms with E-state index < -0.39 is 0 Å². The Hall–Kier alpha value is -0.410. The third-order valence-corrected chi connectivity index (χ3v) is 2.46. The van der Waals surface area contributed by atoms with E-state index in [2.05, 4.69) is 11.8 Å². The third kappa shape index (κ3) is 9.88. The smallest absolute Gasteiger partial charge is 0.129 e. The van der Waals surface area contributed by atoms with Gasteiger partial charge in [-0.15, -0.1) is 0 Å². The molecular weight excluding hydrogens is 190 g/mol. The Kier molecular flexibility index (Phi) is 9.84. The Morgan fingerprint density at radius 1 is 1.20 bits per heavy atom. The molecule has 0 atom stereocenters. The molecule has 0 aromatic heterocycles. The predicted octanol–water partition coefficient (Wildman–Crippen LogP) is 2.10. The number of unbranched alkanes of at least 4 members (excludes halogenated alkanes) is 1. The molecule has 0 spiro atoms. The van der Waals surface area contributed by atoms with Gasteiger partial charge in [0.15, 0.2) is 0 Å². The van der Waals surface area contributed by atoms with Gasteiger partial charge < -0.3 is 14.4 Å². The molecule has 0 rings (SSSR count). The highest BCUT2D eigenvalue weighted by Gasteiger charge is 2.02. The summed E-state index contributed by atoms with van der Waals surface area (Å²) in [5.74, 6) is 0.298. The Morgan fingerprint density at radius 3 is 2.47 bits per heavy atom. The molecule has 0 aromatic carbocycles. The molecule has 0 aliphatic rings. The van der Waals surface area contributed by atoms with Crippen LogP contribution in [0.4, 0.5) is 0 Å². The monoisotopic (exact) mass is 215 g/mol. The van der Waals surface area contributed by atoms with Gasteiger partial charge in [0, 0.05) is 19.6 Å². The molecule has 0 aliphatic heterocycles. The van der Waals surface area contributed by atoms with E-state index in [4.69, 9.17) is 4.74 Å². The number of carbonyl (C=O) groups excluding carboxylic acids is 1. The summed E-state index contributed by atoms with van der Waals surface area (Å²) >= 11 is 0. The fourth-order valence-electron chi connectivity index (χ4n) is 1.48. The first kappa shape index (κ1) is 14.6. The van der Waals surface area contributed by atoms with Gasteiger partial charge in [0.2, 0.25) is 0 Å². The minimum Gasteiger partial charge on any atom is -0.380 e. The second-order valence-electron chi connectivity index (χ2n) is 3.79. The van der Waals surface area contributed by atoms with Gasteiger partial charge in [0.05, 0.1) is 6.61 Å². The first-order valence-corrected chi connectivity index (χ1v) is 6.00. The topological polar surface area (TPSA) is 29.5 Å². The molecular formula is C12H25NO2. The molecule has 90 valence electrons. The maximum atomic E-state index is 10.7. The maximum absolute atomic E-state index is 10.7. The molecule has 0 radical (unpaired) electrons. The minimum absolute atomic E-state index is 0.298. The van der Waals surface area contributed by atoms with Crippen molar-refractivity contribution in [3.05, 3.63) is 0 Å². The van der Waals surface area contributed by atoms with E-state index in [1.54, 1.807) is 6.92 Å². The van der Waals surface area contributed by atoms with E-state index in [0.29, 0.717) is 5.78 Å². The Labute approximate surface area is 93.8 Å². The van der Waals surface area contributed by atoms with Crippen LogP contribution in [0.15, 0.2) is 0 Å². The van der Waals surface area contributed by atoms with Crippen molar-refractivity contribution in [2.24, 2.45) is 0 Å². The molecule has 0 unspecified atom stereocenters. The van der Waals surface area contributed by atoms with E-state index in [-0.39, 0.29) is 0 Å². The molecule has 0 heterocycles. The van der Waals surface area contributed by atoms with Gasteiger partial charge in [-0.05, 0) is 39.8 Å². The zero-order valence-corrected chi connectivity index (χ0v) is 10.4. The van der Waals surface area contributed by atoms with Gasteiger partial charge in [0.1, 0.15) is 5.78 Å². The summed E-state index contributed by atoms with van der Waals surface area (Å²) in [6, 6.07) is 0. The molecule has 0 saturated carbocycles. The Bertz CT molecular complexity index is 160. The van der Waals surface area contributed by atoms with Crippen molar-refractivity contribution in [3.63, 3.8) is 0 Å². The number of hydrogen-bond acceptors (Lipinski definition) is 3. The van der Waals surface area contributed by atoms with E-state index >= 15 is 0 Å². The quantitative estimate of drug-likeness (QED) is 0.523. The molecule has 0 bridgehead atoms. The van der Waals surface area contributed by atoms with Gasteiger partial charge in [-0.25, -0.2) is 0 Å². The average molecular weight is 215 g/mol. The van der Waals surface area contributed by atoms with Crippen LogP contribution in [-0.4, -0.2) is 43.5 Å². The summed E-state index contributed by atoms with van der Waals surface area (Å²) < 4.78 is 5.31. The summed E-state index contributed by atoms with van der Waals surface area (Å²) in [6.45, 7) is 10.6. The molecule has 3 heteroatoms. The molecule has 15 heavy (non-hydrogen) atoms. The van der Waals surface area contributed by atoms with Crippen molar-refractivity contribution in [2.75, 3.05) is 32.8 Å². The number of carbonyl (C=O) groups is 1. The van der Waals surface area contributed by atoms with Gasteiger partial charge >= 0.3 is 0 Å². The van der Waals surface area contributed by atoms with Crippen LogP contribution >= 0.6 is 0 Å². The van der Waals surface area contributed by atoms with Crippen LogP contribution < -0.4 is 0 Å². The highest BCUT2D eigenvalue weighted by Crippen LogP contribution is 1.99. The second-order valence-corrected chi connectivity index (χ2v) is 3.79. The summed E-state index contributed by atoms with van der Waals surface area (Å²) in [7, 11) is 0. The van der Waals surface area contributed by atoms with Crippen LogP contribution in [0.1, 0.15) is 40.0 Å². The average Bonchev–Trinajstić information content (AvgIpc) is 2.21. The zero-order valence-electron chi connectivity index (χ0n) is 10.4. The number of nitrogens with zero attached hydrogens (tertiary/aromatic N) is 1. The van der Waals surface area contributed by atoms with Crippen LogP contribution in [0.3, 0.4) is 0 Å². The molecule has 0 aromatic rings. The lowest BCUT2D eigenvalue weighted by Gasteiger charge is -2.19. The van der Waals surface area contributed by atoms with Crippen LogP contribution in [0, 0.1) is 0 Å². The van der Waals surface area contributed by atoms with Crippen molar-refractivity contribution < 1.29 is 9.53 Å². The van der Waals surface area contributed by atoms with Crippen LogP contribution in [-0.2, 0) is 9.53 Å². The van der Waals surface area contributed by atoms with Gasteiger partial charge in [0.25, 0.3) is 0 Å². The van der Waals surface area contributed by atoms with Crippen molar-refractivity contribution >= 4 is 5.78 Å². The van der Waals surface area contributed by atoms with Gasteiger partial charge in [-0.2, -0.15) is 0 Å². The summed E-state index contributed by atoms with van der Waals surface area (Å²) in [4.78, 5) is 13.1. The summed E-state index contributed by atoms with van der Waals surface area (Å²) in [6.07, 6.45) is 2.85. The van der Waals surface area contributed by atoms with Gasteiger partial charge in [-0.3, -0.25) is 0 Å².